The summed E-state index contributed by atoms with van der Waals surface area (Å²) in [6, 6.07) is 0. The Hall–Kier alpha value is -3.41. The maximum atomic E-state index is 12.9. The topological polar surface area (TPSA) is 78.9 Å². The van der Waals surface area contributed by atoms with E-state index in [1.165, 1.54) is 148 Å². The molecule has 0 N–H and O–H groups in total. The average Bonchev–Trinajstić information content (AvgIpc) is 3.40. The molecule has 0 radical (unpaired) electrons. The van der Waals surface area contributed by atoms with Crippen molar-refractivity contribution in [1.29, 1.82) is 0 Å². The molecule has 0 aromatic carbocycles. The molecule has 0 rings (SSSR count). The molecule has 0 fully saturated rings. The van der Waals surface area contributed by atoms with Crippen LogP contribution in [-0.2, 0) is 28.6 Å². The Morgan fingerprint density at radius 1 is 0.284 bits per heavy atom. The fourth-order valence-corrected chi connectivity index (χ4v) is 8.98. The van der Waals surface area contributed by atoms with Crippen LogP contribution < -0.4 is 0 Å². The fraction of sp³-hybridized carbons (Fsp3) is 0.750. The zero-order chi connectivity index (χ0) is 53.6. The molecule has 1 unspecified atom stereocenters. The van der Waals surface area contributed by atoms with Crippen LogP contribution in [-0.4, -0.2) is 37.2 Å². The highest BCUT2D eigenvalue weighted by Gasteiger charge is 2.19. The van der Waals surface area contributed by atoms with Crippen molar-refractivity contribution < 1.29 is 28.6 Å². The molecule has 6 nitrogen and oxygen atoms in total. The van der Waals surface area contributed by atoms with Gasteiger partial charge in [-0.25, -0.2) is 0 Å². The van der Waals surface area contributed by atoms with Crippen molar-refractivity contribution in [2.45, 2.75) is 316 Å². The van der Waals surface area contributed by atoms with Crippen LogP contribution in [0, 0.1) is 0 Å². The molecule has 0 aliphatic rings. The maximum absolute atomic E-state index is 12.9. The molecule has 0 saturated carbocycles. The predicted octanol–water partition coefficient (Wildman–Crippen LogP) is 21.5. The van der Waals surface area contributed by atoms with Crippen LogP contribution in [0.2, 0.25) is 0 Å². The van der Waals surface area contributed by atoms with Crippen molar-refractivity contribution in [2.24, 2.45) is 0 Å². The van der Waals surface area contributed by atoms with Gasteiger partial charge in [0.25, 0.3) is 0 Å². The normalized spacial score (nSPS) is 12.6. The molecular formula is C68H118O6. The SMILES string of the molecule is CC/C=C\C/C=C\C/C=C\C/C=C\CCCCCCCCCCCCCCCCCCC(=O)OCC(COC(=O)CCCCCCCCCCCCCC)OC(=O)CCCCCCC/C=C\C/C=C\C/C=C\CC. The third-order valence-corrected chi connectivity index (χ3v) is 13.6. The van der Waals surface area contributed by atoms with Gasteiger partial charge in [-0.2, -0.15) is 0 Å². The zero-order valence-corrected chi connectivity index (χ0v) is 48.8. The number of hydrogen-bond acceptors (Lipinski definition) is 6. The zero-order valence-electron chi connectivity index (χ0n) is 48.8. The number of rotatable bonds is 57. The van der Waals surface area contributed by atoms with Gasteiger partial charge in [0.15, 0.2) is 6.10 Å². The van der Waals surface area contributed by atoms with Crippen molar-refractivity contribution >= 4 is 17.9 Å². The molecule has 0 amide bonds. The number of carbonyl (C=O) groups is 3. The number of unbranched alkanes of at least 4 members (excludes halogenated alkanes) is 32. The lowest BCUT2D eigenvalue weighted by Gasteiger charge is -2.18. The molecule has 0 saturated heterocycles. The molecule has 0 aromatic heterocycles. The van der Waals surface area contributed by atoms with Crippen molar-refractivity contribution in [1.82, 2.24) is 0 Å². The summed E-state index contributed by atoms with van der Waals surface area (Å²) in [4.78, 5) is 38.2. The maximum Gasteiger partial charge on any atom is 0.306 e. The Labute approximate surface area is 458 Å². The summed E-state index contributed by atoms with van der Waals surface area (Å²) in [5.74, 6) is -0.884. The summed E-state index contributed by atoms with van der Waals surface area (Å²) < 4.78 is 16.9. The van der Waals surface area contributed by atoms with Gasteiger partial charge in [-0.3, -0.25) is 14.4 Å². The average molecular weight is 1030 g/mol. The standard InChI is InChI=1S/C68H118O6/c1-4-7-10-13-16-19-22-25-27-28-29-30-31-32-33-34-35-36-37-38-39-40-42-43-46-49-52-55-58-61-67(70)73-64-65(63-72-66(69)60-57-54-51-48-45-24-21-18-15-12-9-6-3)74-68(71)62-59-56-53-50-47-44-41-26-23-20-17-14-11-8-5-2/h7-8,10-11,16-17,19-20,25-27,29-30,41,65H,4-6,9,12-15,18,21-24,28,31-40,42-64H2,1-3H3/b10-7-,11-8-,19-16-,20-17-,27-25-,30-29-,41-26-. The minimum absolute atomic E-state index is 0.0794. The van der Waals surface area contributed by atoms with Gasteiger partial charge < -0.3 is 14.2 Å². The van der Waals surface area contributed by atoms with E-state index in [9.17, 15) is 14.4 Å². The first kappa shape index (κ1) is 70.6. The van der Waals surface area contributed by atoms with Crippen LogP contribution in [0.5, 0.6) is 0 Å². The van der Waals surface area contributed by atoms with E-state index in [0.717, 1.165) is 122 Å². The lowest BCUT2D eigenvalue weighted by atomic mass is 10.0. The first-order valence-electron chi connectivity index (χ1n) is 31.6. The predicted molar refractivity (Wildman–Crippen MR) is 321 cm³/mol. The van der Waals surface area contributed by atoms with Crippen LogP contribution in [0.1, 0.15) is 310 Å². The molecule has 6 heteroatoms. The quantitative estimate of drug-likeness (QED) is 0.0261. The number of esters is 3. The Kier molecular flexibility index (Phi) is 59.3. The van der Waals surface area contributed by atoms with E-state index in [1.807, 2.05) is 0 Å². The summed E-state index contributed by atoms with van der Waals surface area (Å²) in [6.07, 6.45) is 81.7. The third-order valence-electron chi connectivity index (χ3n) is 13.6. The van der Waals surface area contributed by atoms with E-state index in [2.05, 4.69) is 106 Å². The fourth-order valence-electron chi connectivity index (χ4n) is 8.98. The number of allylic oxidation sites excluding steroid dienone is 14. The van der Waals surface area contributed by atoms with Crippen LogP contribution in [0.4, 0.5) is 0 Å². The second-order valence-electron chi connectivity index (χ2n) is 20.9. The van der Waals surface area contributed by atoms with Gasteiger partial charge in [0.1, 0.15) is 13.2 Å². The van der Waals surface area contributed by atoms with Crippen molar-refractivity contribution in [3.05, 3.63) is 85.1 Å². The number of hydrogen-bond donors (Lipinski definition) is 0. The van der Waals surface area contributed by atoms with E-state index in [0.29, 0.717) is 19.3 Å². The Morgan fingerprint density at radius 2 is 0.527 bits per heavy atom. The van der Waals surface area contributed by atoms with Gasteiger partial charge in [-0.1, -0.05) is 286 Å². The van der Waals surface area contributed by atoms with E-state index < -0.39 is 6.10 Å². The lowest BCUT2D eigenvalue weighted by molar-refractivity contribution is -0.167. The molecule has 0 spiro atoms. The van der Waals surface area contributed by atoms with Crippen molar-refractivity contribution in [2.75, 3.05) is 13.2 Å². The van der Waals surface area contributed by atoms with Crippen LogP contribution in [0.3, 0.4) is 0 Å². The third kappa shape index (κ3) is 59.5. The monoisotopic (exact) mass is 1030 g/mol. The second kappa shape index (κ2) is 62.1. The van der Waals surface area contributed by atoms with E-state index in [4.69, 9.17) is 14.2 Å². The summed E-state index contributed by atoms with van der Waals surface area (Å²) in [5.41, 5.74) is 0. The summed E-state index contributed by atoms with van der Waals surface area (Å²) >= 11 is 0. The lowest BCUT2D eigenvalue weighted by Crippen LogP contribution is -2.30. The molecule has 0 heterocycles. The Bertz CT molecular complexity index is 1420. The summed E-state index contributed by atoms with van der Waals surface area (Å²) in [7, 11) is 0. The van der Waals surface area contributed by atoms with Crippen LogP contribution >= 0.6 is 0 Å². The Morgan fingerprint density at radius 3 is 0.824 bits per heavy atom. The molecule has 0 aromatic rings. The van der Waals surface area contributed by atoms with Gasteiger partial charge >= 0.3 is 17.9 Å². The Balaban J connectivity index is 4.19. The van der Waals surface area contributed by atoms with Crippen molar-refractivity contribution in [3.8, 4) is 0 Å². The van der Waals surface area contributed by atoms with Gasteiger partial charge in [-0.15, -0.1) is 0 Å². The van der Waals surface area contributed by atoms with Gasteiger partial charge in [0.05, 0.1) is 0 Å². The summed E-state index contributed by atoms with van der Waals surface area (Å²) in [5, 5.41) is 0. The van der Waals surface area contributed by atoms with Crippen molar-refractivity contribution in [3.63, 3.8) is 0 Å². The molecule has 74 heavy (non-hydrogen) atoms. The smallest absolute Gasteiger partial charge is 0.306 e. The van der Waals surface area contributed by atoms with Crippen LogP contribution in [0.25, 0.3) is 0 Å². The van der Waals surface area contributed by atoms with Crippen LogP contribution in [0.15, 0.2) is 85.1 Å². The summed E-state index contributed by atoms with van der Waals surface area (Å²) in [6.45, 7) is 6.43. The van der Waals surface area contributed by atoms with Gasteiger partial charge in [0.2, 0.25) is 0 Å². The number of ether oxygens (including phenoxy) is 3. The minimum atomic E-state index is -0.783. The van der Waals surface area contributed by atoms with E-state index in [1.54, 1.807) is 0 Å². The minimum Gasteiger partial charge on any atom is -0.462 e. The molecule has 0 aliphatic heterocycles. The first-order valence-corrected chi connectivity index (χ1v) is 31.6. The molecule has 0 aliphatic carbocycles. The van der Waals surface area contributed by atoms with Gasteiger partial charge in [0, 0.05) is 19.3 Å². The van der Waals surface area contributed by atoms with Gasteiger partial charge in [-0.05, 0) is 89.9 Å². The molecule has 1 atom stereocenters. The highest BCUT2D eigenvalue weighted by atomic mass is 16.6. The van der Waals surface area contributed by atoms with E-state index >= 15 is 0 Å². The van der Waals surface area contributed by atoms with E-state index in [-0.39, 0.29) is 31.1 Å². The first-order chi connectivity index (χ1) is 36.5. The molecule has 426 valence electrons. The highest BCUT2D eigenvalue weighted by Crippen LogP contribution is 2.17. The molecule has 0 bridgehead atoms. The largest absolute Gasteiger partial charge is 0.462 e. The second-order valence-corrected chi connectivity index (χ2v) is 20.9. The highest BCUT2D eigenvalue weighted by molar-refractivity contribution is 5.71. The molecular weight excluding hydrogens is 913 g/mol. The number of carbonyl (C=O) groups excluding carboxylic acids is 3.